The summed E-state index contributed by atoms with van der Waals surface area (Å²) >= 11 is 0. The fourth-order valence-electron chi connectivity index (χ4n) is 8.32. The molecule has 0 aliphatic heterocycles. The van der Waals surface area contributed by atoms with Crippen LogP contribution in [0.25, 0.3) is 66.1 Å². The lowest BCUT2D eigenvalue weighted by atomic mass is 9.82. The molecule has 2 nitrogen and oxygen atoms in total. The summed E-state index contributed by atoms with van der Waals surface area (Å²) in [5.41, 5.74) is 14.9. The van der Waals surface area contributed by atoms with Crippen molar-refractivity contribution < 1.29 is 4.42 Å². The highest BCUT2D eigenvalue weighted by molar-refractivity contribution is 6.21. The van der Waals surface area contributed by atoms with Crippen LogP contribution in [0, 0.1) is 0 Å². The van der Waals surface area contributed by atoms with Crippen molar-refractivity contribution in [2.45, 2.75) is 19.3 Å². The van der Waals surface area contributed by atoms with E-state index in [1.165, 1.54) is 44.3 Å². The van der Waals surface area contributed by atoms with Crippen molar-refractivity contribution in [2.75, 3.05) is 4.90 Å². The highest BCUT2D eigenvalue weighted by atomic mass is 16.3. The van der Waals surface area contributed by atoms with Crippen LogP contribution in [0.1, 0.15) is 25.0 Å². The Labute approximate surface area is 297 Å². The second kappa shape index (κ2) is 11.3. The van der Waals surface area contributed by atoms with E-state index in [4.69, 9.17) is 4.42 Å². The third-order valence-electron chi connectivity index (χ3n) is 10.9. The number of hydrogen-bond donors (Lipinski definition) is 0. The Morgan fingerprint density at radius 3 is 1.86 bits per heavy atom. The zero-order chi connectivity index (χ0) is 34.1. The molecule has 1 aliphatic carbocycles. The van der Waals surface area contributed by atoms with Gasteiger partial charge < -0.3 is 9.32 Å². The van der Waals surface area contributed by atoms with E-state index in [1.54, 1.807) is 0 Å². The minimum Gasteiger partial charge on any atom is -0.453 e. The van der Waals surface area contributed by atoms with E-state index < -0.39 is 0 Å². The first-order valence-corrected chi connectivity index (χ1v) is 17.7. The number of rotatable bonds is 5. The first-order chi connectivity index (χ1) is 25.1. The number of hydrogen-bond acceptors (Lipinski definition) is 2. The standard InChI is InChI=1S/C49H35NO/c1-49(2)43-20-12-11-19-40(43)41-28-26-37(31-44(41)49)50(36-24-21-33(22-25-36)32-13-5-3-6-14-32)45-30-29-38(34-15-7-4-8-16-34)46-42-27-23-35-17-9-10-18-39(35)47(42)51-48(45)46/h3-31H,1-2H3. The van der Waals surface area contributed by atoms with Crippen molar-refractivity contribution >= 4 is 49.8 Å². The van der Waals surface area contributed by atoms with E-state index in [-0.39, 0.29) is 5.41 Å². The Bertz CT molecular complexity index is 2760. The Hall–Kier alpha value is -6.38. The first-order valence-electron chi connectivity index (χ1n) is 17.7. The molecule has 242 valence electrons. The number of nitrogens with zero attached hydrogens (tertiary/aromatic N) is 1. The molecule has 0 unspecified atom stereocenters. The molecule has 1 aromatic heterocycles. The summed E-state index contributed by atoms with van der Waals surface area (Å²) in [5, 5.41) is 4.53. The summed E-state index contributed by atoms with van der Waals surface area (Å²) in [4.78, 5) is 2.38. The number of furan rings is 1. The molecule has 0 bridgehead atoms. The number of fused-ring (bicyclic) bond motifs is 8. The lowest BCUT2D eigenvalue weighted by Crippen LogP contribution is -2.16. The van der Waals surface area contributed by atoms with Gasteiger partial charge in [0.25, 0.3) is 0 Å². The van der Waals surface area contributed by atoms with Crippen molar-refractivity contribution in [3.63, 3.8) is 0 Å². The molecule has 0 spiro atoms. The average Bonchev–Trinajstić information content (AvgIpc) is 3.69. The van der Waals surface area contributed by atoms with E-state index >= 15 is 0 Å². The molecule has 9 aromatic rings. The zero-order valence-corrected chi connectivity index (χ0v) is 28.6. The van der Waals surface area contributed by atoms with Gasteiger partial charge in [-0.05, 0) is 86.3 Å². The van der Waals surface area contributed by atoms with Gasteiger partial charge >= 0.3 is 0 Å². The van der Waals surface area contributed by atoms with Crippen LogP contribution in [-0.2, 0) is 5.41 Å². The van der Waals surface area contributed by atoms with E-state index in [0.717, 1.165) is 50.0 Å². The molecule has 0 saturated carbocycles. The average molecular weight is 654 g/mol. The zero-order valence-electron chi connectivity index (χ0n) is 28.6. The molecule has 8 aromatic carbocycles. The van der Waals surface area contributed by atoms with Crippen molar-refractivity contribution in [2.24, 2.45) is 0 Å². The third-order valence-corrected chi connectivity index (χ3v) is 10.9. The SMILES string of the molecule is CC1(C)c2ccccc2-c2ccc(N(c3ccc(-c4ccccc4)cc3)c3ccc(-c4ccccc4)c4c3oc3c5ccccc5ccc34)cc21. The molecule has 0 radical (unpaired) electrons. The molecule has 1 heterocycles. The topological polar surface area (TPSA) is 16.4 Å². The molecule has 0 saturated heterocycles. The largest absolute Gasteiger partial charge is 0.453 e. The quantitative estimate of drug-likeness (QED) is 0.184. The van der Waals surface area contributed by atoms with Crippen LogP contribution in [0.4, 0.5) is 17.1 Å². The highest BCUT2D eigenvalue weighted by Gasteiger charge is 2.36. The summed E-state index contributed by atoms with van der Waals surface area (Å²) < 4.78 is 7.12. The second-order valence-corrected chi connectivity index (χ2v) is 14.1. The molecule has 51 heavy (non-hydrogen) atoms. The van der Waals surface area contributed by atoms with Gasteiger partial charge in [-0.2, -0.15) is 0 Å². The molecule has 0 N–H and O–H groups in total. The maximum atomic E-state index is 7.12. The van der Waals surface area contributed by atoms with Crippen molar-refractivity contribution in [3.8, 4) is 33.4 Å². The van der Waals surface area contributed by atoms with Crippen LogP contribution in [0.15, 0.2) is 180 Å². The van der Waals surface area contributed by atoms with Gasteiger partial charge in [0.1, 0.15) is 5.58 Å². The van der Waals surface area contributed by atoms with Gasteiger partial charge in [0, 0.05) is 32.9 Å². The van der Waals surface area contributed by atoms with Crippen molar-refractivity contribution in [1.82, 2.24) is 0 Å². The predicted molar refractivity (Wildman–Crippen MR) is 214 cm³/mol. The van der Waals surface area contributed by atoms with Gasteiger partial charge in [-0.3, -0.25) is 0 Å². The summed E-state index contributed by atoms with van der Waals surface area (Å²) in [5.74, 6) is 0. The van der Waals surface area contributed by atoms with Gasteiger partial charge in [-0.15, -0.1) is 0 Å². The van der Waals surface area contributed by atoms with Crippen LogP contribution in [0.2, 0.25) is 0 Å². The van der Waals surface area contributed by atoms with E-state index in [9.17, 15) is 0 Å². The predicted octanol–water partition coefficient (Wildman–Crippen LogP) is 13.8. The molecular formula is C49H35NO. The lowest BCUT2D eigenvalue weighted by Gasteiger charge is -2.28. The number of anilines is 3. The van der Waals surface area contributed by atoms with Gasteiger partial charge in [0.15, 0.2) is 5.58 Å². The second-order valence-electron chi connectivity index (χ2n) is 14.1. The molecule has 0 atom stereocenters. The Balaban J connectivity index is 1.25. The van der Waals surface area contributed by atoms with Gasteiger partial charge in [-0.1, -0.05) is 153 Å². The normalized spacial score (nSPS) is 13.1. The van der Waals surface area contributed by atoms with Crippen LogP contribution in [-0.4, -0.2) is 0 Å². The highest BCUT2D eigenvalue weighted by Crippen LogP contribution is 2.52. The summed E-state index contributed by atoms with van der Waals surface area (Å²) in [6.45, 7) is 4.69. The summed E-state index contributed by atoms with van der Waals surface area (Å²) in [7, 11) is 0. The lowest BCUT2D eigenvalue weighted by molar-refractivity contribution is 0.660. The maximum Gasteiger partial charge on any atom is 0.160 e. The van der Waals surface area contributed by atoms with Crippen LogP contribution < -0.4 is 4.90 Å². The molecule has 10 rings (SSSR count). The number of benzene rings is 8. The van der Waals surface area contributed by atoms with Crippen molar-refractivity contribution in [1.29, 1.82) is 0 Å². The van der Waals surface area contributed by atoms with Crippen LogP contribution >= 0.6 is 0 Å². The first kappa shape index (κ1) is 29.5. The Kier molecular flexibility index (Phi) is 6.56. The molecular weight excluding hydrogens is 619 g/mol. The molecule has 0 fully saturated rings. The summed E-state index contributed by atoms with van der Waals surface area (Å²) in [6, 6.07) is 63.5. The van der Waals surface area contributed by atoms with E-state index in [2.05, 4.69) is 195 Å². The fourth-order valence-corrected chi connectivity index (χ4v) is 8.32. The molecule has 1 aliphatic rings. The monoisotopic (exact) mass is 653 g/mol. The Morgan fingerprint density at radius 1 is 0.431 bits per heavy atom. The maximum absolute atomic E-state index is 7.12. The van der Waals surface area contributed by atoms with Crippen LogP contribution in [0.5, 0.6) is 0 Å². The summed E-state index contributed by atoms with van der Waals surface area (Å²) in [6.07, 6.45) is 0. The van der Waals surface area contributed by atoms with E-state index in [1.807, 2.05) is 0 Å². The smallest absolute Gasteiger partial charge is 0.160 e. The van der Waals surface area contributed by atoms with Crippen molar-refractivity contribution in [3.05, 3.63) is 187 Å². The Morgan fingerprint density at radius 2 is 1.06 bits per heavy atom. The molecule has 0 amide bonds. The minimum absolute atomic E-state index is 0.129. The fraction of sp³-hybridized carbons (Fsp3) is 0.0612. The van der Waals surface area contributed by atoms with Gasteiger partial charge in [0.05, 0.1) is 5.69 Å². The van der Waals surface area contributed by atoms with Gasteiger partial charge in [0.2, 0.25) is 0 Å². The van der Waals surface area contributed by atoms with Crippen LogP contribution in [0.3, 0.4) is 0 Å². The van der Waals surface area contributed by atoms with Gasteiger partial charge in [-0.25, -0.2) is 0 Å². The molecule has 2 heteroatoms. The minimum atomic E-state index is -0.129. The van der Waals surface area contributed by atoms with E-state index in [0.29, 0.717) is 0 Å². The third kappa shape index (κ3) is 4.57.